The summed E-state index contributed by atoms with van der Waals surface area (Å²) in [5.74, 6) is -21.2. The van der Waals surface area contributed by atoms with E-state index in [0.717, 1.165) is 20.8 Å². The van der Waals surface area contributed by atoms with E-state index in [1.165, 1.54) is 11.8 Å². The highest BCUT2D eigenvalue weighted by Crippen LogP contribution is 2.20. The molecule has 1 aliphatic rings. The van der Waals surface area contributed by atoms with Gasteiger partial charge in [-0.3, -0.25) is 86.3 Å². The molecule has 0 aliphatic carbocycles. The Morgan fingerprint density at radius 3 is 1.27 bits per heavy atom. The zero-order valence-corrected chi connectivity index (χ0v) is 63.3. The van der Waals surface area contributed by atoms with Crippen molar-refractivity contribution in [2.75, 3.05) is 26.2 Å². The van der Waals surface area contributed by atoms with Gasteiger partial charge < -0.3 is 122 Å². The minimum Gasteiger partial charge on any atom is -0.481 e. The van der Waals surface area contributed by atoms with Crippen molar-refractivity contribution in [3.8, 4) is 0 Å². The number of nitrogens with zero attached hydrogens (tertiary/aromatic N) is 1. The second-order valence-electron chi connectivity index (χ2n) is 27.7. The average molecular weight is 1560 g/mol. The molecule has 0 radical (unpaired) electrons. The molecule has 42 heteroatoms. The Labute approximate surface area is 630 Å². The van der Waals surface area contributed by atoms with Gasteiger partial charge in [-0.05, 0) is 116 Å². The highest BCUT2D eigenvalue weighted by molar-refractivity contribution is 6.00. The highest BCUT2D eigenvalue weighted by atomic mass is 16.4. The fourth-order valence-corrected chi connectivity index (χ4v) is 10.9. The number of rotatable bonds is 52. The summed E-state index contributed by atoms with van der Waals surface area (Å²) in [7, 11) is 0. The quantitative estimate of drug-likeness (QED) is 0.0252. The van der Waals surface area contributed by atoms with E-state index >= 15 is 0 Å². The molecule has 0 aromatic heterocycles. The van der Waals surface area contributed by atoms with Crippen LogP contribution >= 0.6 is 0 Å². The predicted molar refractivity (Wildman–Crippen MR) is 384 cm³/mol. The molecule has 0 aromatic rings. The van der Waals surface area contributed by atoms with Gasteiger partial charge in [-0.15, -0.1) is 0 Å². The van der Waals surface area contributed by atoms with Crippen molar-refractivity contribution in [2.24, 2.45) is 40.7 Å². The topological polar surface area (TPSA) is 689 Å². The van der Waals surface area contributed by atoms with Crippen LogP contribution in [-0.4, -0.2) is 260 Å². The van der Waals surface area contributed by atoms with Crippen LogP contribution in [-0.2, 0) is 91.1 Å². The van der Waals surface area contributed by atoms with Gasteiger partial charge >= 0.3 is 17.9 Å². The number of hydrogen-bond donors (Lipinski definition) is 22. The molecule has 1 rings (SSSR count). The van der Waals surface area contributed by atoms with Gasteiger partial charge in [0, 0.05) is 32.2 Å². The van der Waals surface area contributed by atoms with E-state index in [1.54, 1.807) is 41.5 Å². The van der Waals surface area contributed by atoms with Crippen LogP contribution in [0.4, 0.5) is 0 Å². The van der Waals surface area contributed by atoms with Crippen molar-refractivity contribution < 1.29 is 117 Å². The van der Waals surface area contributed by atoms with Gasteiger partial charge in [0.2, 0.25) is 94.5 Å². The highest BCUT2D eigenvalue weighted by Gasteiger charge is 2.40. The first-order chi connectivity index (χ1) is 50.9. The molecule has 42 nitrogen and oxygen atoms in total. The van der Waals surface area contributed by atoms with Gasteiger partial charge in [0.25, 0.3) is 0 Å². The minimum absolute atomic E-state index is 0.0798. The zero-order chi connectivity index (χ0) is 83.3. The van der Waals surface area contributed by atoms with Crippen LogP contribution in [0.25, 0.3) is 0 Å². The average Bonchev–Trinajstić information content (AvgIpc) is 1.76. The molecule has 16 atom stereocenters. The van der Waals surface area contributed by atoms with E-state index in [-0.39, 0.29) is 50.5 Å². The Bertz CT molecular complexity index is 3190. The summed E-state index contributed by atoms with van der Waals surface area (Å²) in [4.78, 5) is 251. The Hall–Kier alpha value is -10.2. The van der Waals surface area contributed by atoms with Crippen LogP contribution in [0.5, 0.6) is 0 Å². The number of carbonyl (C=O) groups excluding carboxylic acids is 16. The third kappa shape index (κ3) is 36.0. The first-order valence-corrected chi connectivity index (χ1v) is 36.1. The number of hydrogen-bond acceptors (Lipinski definition) is 23. The predicted octanol–water partition coefficient (Wildman–Crippen LogP) is -7.72. The summed E-state index contributed by atoms with van der Waals surface area (Å²) in [6.07, 6.45) is -4.28. The summed E-state index contributed by atoms with van der Waals surface area (Å²) in [5.41, 5.74) is 22.2. The molecule has 1 heterocycles. The molecule has 16 amide bonds. The summed E-state index contributed by atoms with van der Waals surface area (Å²) >= 11 is 0. The monoisotopic (exact) mass is 1550 g/mol. The van der Waals surface area contributed by atoms with Gasteiger partial charge in [0.15, 0.2) is 0 Å². The number of nitrogens with one attached hydrogen (secondary N) is 13. The number of unbranched alkanes of at least 4 members (excludes halogenated alkanes) is 1. The molecular weight excluding hydrogens is 1440 g/mol. The molecule has 1 fully saturated rings. The van der Waals surface area contributed by atoms with Crippen molar-refractivity contribution in [1.82, 2.24) is 74.0 Å². The van der Waals surface area contributed by atoms with Crippen molar-refractivity contribution >= 4 is 112 Å². The number of amides is 16. The SMILES string of the molecule is CC[C@H](C)[C@H](NC(=O)[C@@H]1CCCN1C(=O)CNC(=O)[C@H](C)NC(=O)[C@H](CO)NC(=O)[C@H](CCC(=O)O)NC(=O)[C@H](C)NC(=O)[C@H](CCC(=O)O)NC(=O)[C@@H](NC(=O)[C@H](C)NC(=O)[C@H](CC(C)C)NC(=O)[C@H](CCC(N)=O)NC(=O)[C@H](CCC(N)=O)NC(=O)[C@@H](N)CCCCN)[C@@H](C)O)C(=O)N[C@@H](CC(C)C)C(=O)O. The molecule has 26 N–H and O–H groups in total. The maximum atomic E-state index is 14.0. The second kappa shape index (κ2) is 48.9. The largest absolute Gasteiger partial charge is 0.481 e. The lowest BCUT2D eigenvalue weighted by Crippen LogP contribution is -2.61. The van der Waals surface area contributed by atoms with Gasteiger partial charge in [-0.2, -0.15) is 0 Å². The number of primary amides is 2. The fourth-order valence-electron chi connectivity index (χ4n) is 10.9. The van der Waals surface area contributed by atoms with Gasteiger partial charge in [0.1, 0.15) is 78.5 Å². The van der Waals surface area contributed by atoms with Crippen molar-refractivity contribution in [3.05, 3.63) is 0 Å². The second-order valence-corrected chi connectivity index (χ2v) is 27.7. The first-order valence-electron chi connectivity index (χ1n) is 36.1. The number of nitrogens with two attached hydrogens (primary N) is 4. The molecule has 109 heavy (non-hydrogen) atoms. The lowest BCUT2D eigenvalue weighted by molar-refractivity contribution is -0.143. The smallest absolute Gasteiger partial charge is 0.326 e. The van der Waals surface area contributed by atoms with Crippen molar-refractivity contribution in [3.63, 3.8) is 0 Å². The van der Waals surface area contributed by atoms with E-state index in [0.29, 0.717) is 32.2 Å². The Morgan fingerprint density at radius 2 is 0.826 bits per heavy atom. The number of carboxylic acid groups (broad SMARTS) is 3. The number of aliphatic hydroxyl groups is 2. The van der Waals surface area contributed by atoms with Gasteiger partial charge in [-0.1, -0.05) is 54.4 Å². The molecule has 0 aromatic carbocycles. The van der Waals surface area contributed by atoms with Gasteiger partial charge in [-0.25, -0.2) is 4.79 Å². The third-order valence-electron chi connectivity index (χ3n) is 17.4. The van der Waals surface area contributed by atoms with Crippen LogP contribution in [0, 0.1) is 17.8 Å². The molecule has 0 bridgehead atoms. The maximum absolute atomic E-state index is 14.0. The number of aliphatic carboxylic acids is 3. The van der Waals surface area contributed by atoms with E-state index in [2.05, 4.69) is 69.1 Å². The van der Waals surface area contributed by atoms with Crippen LogP contribution in [0.15, 0.2) is 0 Å². The summed E-state index contributed by atoms with van der Waals surface area (Å²) in [6.45, 7) is 13.3. The molecule has 0 saturated carbocycles. The first kappa shape index (κ1) is 96.8. The number of carbonyl (C=O) groups is 19. The number of carboxylic acids is 3. The van der Waals surface area contributed by atoms with Crippen LogP contribution < -0.4 is 92.1 Å². The summed E-state index contributed by atoms with van der Waals surface area (Å²) < 4.78 is 0. The van der Waals surface area contributed by atoms with E-state index in [9.17, 15) is 117 Å². The van der Waals surface area contributed by atoms with E-state index in [1.807, 2.05) is 0 Å². The van der Waals surface area contributed by atoms with Crippen molar-refractivity contribution in [2.45, 2.75) is 263 Å². The molecule has 0 unspecified atom stereocenters. The zero-order valence-electron chi connectivity index (χ0n) is 63.3. The Morgan fingerprint density at radius 1 is 0.440 bits per heavy atom. The minimum atomic E-state index is -1.97. The molecular formula is C67H114N18O24. The molecule has 1 aliphatic heterocycles. The van der Waals surface area contributed by atoms with E-state index in [4.69, 9.17) is 22.9 Å². The molecule has 1 saturated heterocycles. The van der Waals surface area contributed by atoms with Crippen LogP contribution in [0.3, 0.4) is 0 Å². The Kier molecular flexibility index (Phi) is 43.5. The lowest BCUT2D eigenvalue weighted by atomic mass is 9.96. The molecule has 0 spiro atoms. The van der Waals surface area contributed by atoms with Crippen LogP contribution in [0.2, 0.25) is 0 Å². The van der Waals surface area contributed by atoms with E-state index < -0.39 is 267 Å². The lowest BCUT2D eigenvalue weighted by Gasteiger charge is -2.29. The molecule has 616 valence electrons. The summed E-state index contributed by atoms with van der Waals surface area (Å²) in [6, 6.07) is -21.5. The maximum Gasteiger partial charge on any atom is 0.326 e. The standard InChI is InChI=1S/C67H114N18O24/c1-11-33(6)52(65(106)81-44(67(108)109)28-32(4)5)83-64(105)46-16-14-26-85(46)49(90)29-72-54(95)34(7)73-63(104)45(30-86)82-61(102)42(20-24-51(93)94)76-55(96)35(8)74-58(99)41(19-23-50(91)92)79-66(107)53(37(10)87)84-56(97)36(9)75-62(103)43(27-31(2)3)80-60(101)40(18-22-48(71)89)78-59(100)39(17-21-47(70)88)77-57(98)38(69)15-12-13-25-68/h31-46,52-53,86-87H,11-30,68-69H2,1-10H3,(H2,70,88)(H2,71,89)(H,72,95)(H,73,104)(H,74,99)(H,75,103)(H,76,96)(H,77,98)(H,78,100)(H,79,107)(H,80,101)(H,81,106)(H,82,102)(H,83,105)(H,84,97)(H,91,92)(H,93,94)(H,108,109)/t33-,34-,35-,36-,37+,38-,39-,40-,41-,42-,43-,44-,45-,46-,52-,53-/m0/s1. The van der Waals surface area contributed by atoms with Gasteiger partial charge in [0.05, 0.1) is 25.3 Å². The number of aliphatic hydroxyl groups excluding tert-OH is 2. The third-order valence-corrected chi connectivity index (χ3v) is 17.4. The van der Waals surface area contributed by atoms with Crippen molar-refractivity contribution in [1.29, 1.82) is 0 Å². The van der Waals surface area contributed by atoms with Crippen LogP contribution in [0.1, 0.15) is 172 Å². The number of likely N-dealkylation sites (tertiary alicyclic amines) is 1. The Balaban J connectivity index is 3.24. The fraction of sp³-hybridized carbons (Fsp3) is 0.716. The summed E-state index contributed by atoms with van der Waals surface area (Å²) in [5, 5.41) is 80.1. The normalized spacial score (nSPS) is 16.7.